The average molecular weight is 430 g/mol. The van der Waals surface area contributed by atoms with Crippen molar-refractivity contribution in [1.29, 1.82) is 0 Å². The third-order valence-corrected chi connectivity index (χ3v) is 6.84. The molecule has 3 aromatic rings. The van der Waals surface area contributed by atoms with E-state index in [2.05, 4.69) is 30.4 Å². The van der Waals surface area contributed by atoms with Gasteiger partial charge in [0.2, 0.25) is 16.0 Å². The molecule has 0 N–H and O–H groups in total. The van der Waals surface area contributed by atoms with Gasteiger partial charge in [-0.3, -0.25) is 0 Å². The molecule has 0 radical (unpaired) electrons. The highest BCUT2D eigenvalue weighted by Crippen LogP contribution is 2.24. The third kappa shape index (κ3) is 3.83. The molecule has 0 bridgehead atoms. The van der Waals surface area contributed by atoms with Gasteiger partial charge in [0.1, 0.15) is 5.82 Å². The monoisotopic (exact) mass is 429 g/mol. The molecule has 0 unspecified atom stereocenters. The van der Waals surface area contributed by atoms with Gasteiger partial charge in [-0.1, -0.05) is 12.1 Å². The molecule has 1 fully saturated rings. The van der Waals surface area contributed by atoms with Crippen LogP contribution in [-0.2, 0) is 17.1 Å². The number of sulfonamides is 1. The molecular weight excluding hydrogens is 406 g/mol. The first kappa shape index (κ1) is 20.2. The summed E-state index contributed by atoms with van der Waals surface area (Å²) >= 11 is 0. The maximum absolute atomic E-state index is 13.2. The molecule has 158 valence electrons. The largest absolute Gasteiger partial charge is 0.354 e. The van der Waals surface area contributed by atoms with E-state index in [0.29, 0.717) is 43.5 Å². The van der Waals surface area contributed by atoms with Crippen molar-refractivity contribution < 1.29 is 8.42 Å². The van der Waals surface area contributed by atoms with Crippen molar-refractivity contribution in [3.63, 3.8) is 0 Å². The normalized spacial score (nSPS) is 15.4. The highest BCUT2D eigenvalue weighted by Gasteiger charge is 2.29. The number of hydrogen-bond acceptors (Lipinski definition) is 9. The Balaban J connectivity index is 1.51. The van der Waals surface area contributed by atoms with Gasteiger partial charge < -0.3 is 9.80 Å². The van der Waals surface area contributed by atoms with Crippen LogP contribution in [0.5, 0.6) is 0 Å². The summed E-state index contributed by atoms with van der Waals surface area (Å²) in [7, 11) is 1.85. The van der Waals surface area contributed by atoms with Gasteiger partial charge in [0, 0.05) is 59.1 Å². The van der Waals surface area contributed by atoms with Gasteiger partial charge in [0.05, 0.1) is 4.90 Å². The number of anilines is 2. The second-order valence-corrected chi connectivity index (χ2v) is 9.09. The maximum Gasteiger partial charge on any atom is 0.243 e. The fourth-order valence-electron chi connectivity index (χ4n) is 3.31. The van der Waals surface area contributed by atoms with Crippen LogP contribution in [0.15, 0.2) is 41.4 Å². The lowest BCUT2D eigenvalue weighted by molar-refractivity contribution is 0.384. The SMILES string of the molecule is CN(C)c1nccc(N2CCN(S(=O)(=O)c3cccc(-c4nnnn4C)c3)CC2)n1. The number of benzene rings is 1. The molecule has 12 heteroatoms. The predicted octanol–water partition coefficient (Wildman–Crippen LogP) is 0.244. The number of piperazine rings is 1. The summed E-state index contributed by atoms with van der Waals surface area (Å²) in [6.07, 6.45) is 1.72. The van der Waals surface area contributed by atoms with E-state index >= 15 is 0 Å². The number of aromatic nitrogens is 6. The molecule has 0 atom stereocenters. The van der Waals surface area contributed by atoms with Crippen LogP contribution in [0.1, 0.15) is 0 Å². The average Bonchev–Trinajstić information content (AvgIpc) is 3.20. The standard InChI is InChI=1S/C18H23N9O2S/c1-24(2)18-19-8-7-16(20-18)26-9-11-27(12-10-26)30(28,29)15-6-4-5-14(13-15)17-21-22-23-25(17)3/h4-8,13H,9-12H2,1-3H3. The fraction of sp³-hybridized carbons (Fsp3) is 0.389. The van der Waals surface area contributed by atoms with Gasteiger partial charge in [0.25, 0.3) is 0 Å². The summed E-state index contributed by atoms with van der Waals surface area (Å²) in [5, 5.41) is 11.4. The highest BCUT2D eigenvalue weighted by atomic mass is 32.2. The number of tetrazole rings is 1. The molecule has 0 amide bonds. The van der Waals surface area contributed by atoms with Crippen LogP contribution in [0.25, 0.3) is 11.4 Å². The first-order valence-corrected chi connectivity index (χ1v) is 10.9. The quantitative estimate of drug-likeness (QED) is 0.563. The van der Waals surface area contributed by atoms with Crippen molar-refractivity contribution in [3.8, 4) is 11.4 Å². The fourth-order valence-corrected chi connectivity index (χ4v) is 4.78. The molecule has 1 saturated heterocycles. The highest BCUT2D eigenvalue weighted by molar-refractivity contribution is 7.89. The molecular formula is C18H23N9O2S. The van der Waals surface area contributed by atoms with Gasteiger partial charge in [-0.05, 0) is 28.6 Å². The Kier molecular flexibility index (Phi) is 5.35. The topological polar surface area (TPSA) is 113 Å². The number of hydrogen-bond donors (Lipinski definition) is 0. The van der Waals surface area contributed by atoms with Crippen LogP contribution >= 0.6 is 0 Å². The van der Waals surface area contributed by atoms with E-state index in [4.69, 9.17) is 0 Å². The molecule has 4 rings (SSSR count). The Morgan fingerprint density at radius 1 is 1.07 bits per heavy atom. The van der Waals surface area contributed by atoms with Crippen LogP contribution in [0.2, 0.25) is 0 Å². The molecule has 0 saturated carbocycles. The summed E-state index contributed by atoms with van der Waals surface area (Å²) in [6.45, 7) is 1.85. The second kappa shape index (κ2) is 7.95. The molecule has 1 aliphatic heterocycles. The van der Waals surface area contributed by atoms with Gasteiger partial charge in [-0.2, -0.15) is 9.29 Å². The summed E-state index contributed by atoms with van der Waals surface area (Å²) in [6, 6.07) is 8.55. The van der Waals surface area contributed by atoms with Crippen molar-refractivity contribution in [2.45, 2.75) is 4.90 Å². The zero-order valence-corrected chi connectivity index (χ0v) is 17.9. The minimum atomic E-state index is -3.63. The van der Waals surface area contributed by atoms with E-state index in [-0.39, 0.29) is 4.90 Å². The molecule has 0 aliphatic carbocycles. The maximum atomic E-state index is 13.2. The number of rotatable bonds is 5. The first-order valence-electron chi connectivity index (χ1n) is 9.44. The van der Waals surface area contributed by atoms with E-state index in [9.17, 15) is 8.42 Å². The first-order chi connectivity index (χ1) is 14.4. The molecule has 1 aromatic carbocycles. The Morgan fingerprint density at radius 3 is 2.50 bits per heavy atom. The molecule has 3 heterocycles. The van der Waals surface area contributed by atoms with Crippen LogP contribution in [0.3, 0.4) is 0 Å². The summed E-state index contributed by atoms with van der Waals surface area (Å²) < 4.78 is 29.4. The lowest BCUT2D eigenvalue weighted by atomic mass is 10.2. The molecule has 11 nitrogen and oxygen atoms in total. The van der Waals surface area contributed by atoms with E-state index in [1.165, 1.54) is 8.99 Å². The lowest BCUT2D eigenvalue weighted by Crippen LogP contribution is -2.49. The molecule has 1 aliphatic rings. The van der Waals surface area contributed by atoms with Crippen LogP contribution in [0.4, 0.5) is 11.8 Å². The van der Waals surface area contributed by atoms with Crippen molar-refractivity contribution in [3.05, 3.63) is 36.5 Å². The molecule has 30 heavy (non-hydrogen) atoms. The third-order valence-electron chi connectivity index (χ3n) is 4.94. The summed E-state index contributed by atoms with van der Waals surface area (Å²) in [5.74, 6) is 1.93. The number of nitrogens with zero attached hydrogens (tertiary/aromatic N) is 9. The van der Waals surface area contributed by atoms with Gasteiger partial charge >= 0.3 is 0 Å². The predicted molar refractivity (Wildman–Crippen MR) is 112 cm³/mol. The van der Waals surface area contributed by atoms with Crippen molar-refractivity contribution in [2.24, 2.45) is 7.05 Å². The summed E-state index contributed by atoms with van der Waals surface area (Å²) in [4.78, 5) is 12.9. The lowest BCUT2D eigenvalue weighted by Gasteiger charge is -2.34. The van der Waals surface area contributed by atoms with Crippen molar-refractivity contribution >= 4 is 21.8 Å². The van der Waals surface area contributed by atoms with Crippen LogP contribution < -0.4 is 9.80 Å². The van der Waals surface area contributed by atoms with E-state index in [1.807, 2.05) is 25.1 Å². The van der Waals surface area contributed by atoms with E-state index in [0.717, 1.165) is 5.82 Å². The molecule has 2 aromatic heterocycles. The second-order valence-electron chi connectivity index (χ2n) is 7.15. The van der Waals surface area contributed by atoms with Gasteiger partial charge in [0.15, 0.2) is 5.82 Å². The van der Waals surface area contributed by atoms with Crippen LogP contribution in [-0.4, -0.2) is 83.2 Å². The summed E-state index contributed by atoms with van der Waals surface area (Å²) in [5.41, 5.74) is 0.652. The molecule has 0 spiro atoms. The van der Waals surface area contributed by atoms with Crippen molar-refractivity contribution in [2.75, 3.05) is 50.1 Å². The van der Waals surface area contributed by atoms with Gasteiger partial charge in [-0.25, -0.2) is 18.1 Å². The smallest absolute Gasteiger partial charge is 0.243 e. The Labute approximate surface area is 175 Å². The zero-order chi connectivity index (χ0) is 21.3. The Bertz CT molecular complexity index is 1140. The number of aryl methyl sites for hydroxylation is 1. The van der Waals surface area contributed by atoms with E-state index < -0.39 is 10.0 Å². The van der Waals surface area contributed by atoms with E-state index in [1.54, 1.807) is 37.5 Å². The van der Waals surface area contributed by atoms with Crippen molar-refractivity contribution in [1.82, 2.24) is 34.5 Å². The Hall–Kier alpha value is -3.12. The minimum absolute atomic E-state index is 0.230. The zero-order valence-electron chi connectivity index (χ0n) is 17.0. The minimum Gasteiger partial charge on any atom is -0.354 e. The van der Waals surface area contributed by atoms with Gasteiger partial charge in [-0.15, -0.1) is 5.10 Å². The van der Waals surface area contributed by atoms with Crippen LogP contribution in [0, 0.1) is 0 Å². The Morgan fingerprint density at radius 2 is 1.83 bits per heavy atom.